The van der Waals surface area contributed by atoms with Gasteiger partial charge in [0.05, 0.1) is 12.4 Å². The quantitative estimate of drug-likeness (QED) is 0.872. The Morgan fingerprint density at radius 2 is 2.20 bits per heavy atom. The van der Waals surface area contributed by atoms with Crippen molar-refractivity contribution in [3.63, 3.8) is 0 Å². The van der Waals surface area contributed by atoms with Gasteiger partial charge in [0, 0.05) is 18.0 Å². The molecule has 1 saturated heterocycles. The summed E-state index contributed by atoms with van der Waals surface area (Å²) in [6.07, 6.45) is -0.166. The summed E-state index contributed by atoms with van der Waals surface area (Å²) in [4.78, 5) is 5.29. The molecule has 2 aromatic rings. The van der Waals surface area contributed by atoms with Crippen LogP contribution in [0.3, 0.4) is 0 Å². The van der Waals surface area contributed by atoms with Gasteiger partial charge in [0.15, 0.2) is 5.82 Å². The Bertz CT molecular complexity index is 555. The van der Waals surface area contributed by atoms with Crippen molar-refractivity contribution >= 4 is 11.8 Å². The summed E-state index contributed by atoms with van der Waals surface area (Å²) in [5.41, 5.74) is 0. The van der Waals surface area contributed by atoms with Gasteiger partial charge in [-0.1, -0.05) is 5.16 Å². The zero-order valence-corrected chi connectivity index (χ0v) is 11.5. The largest absolute Gasteiger partial charge is 0.366 e. The lowest BCUT2D eigenvalue weighted by Crippen LogP contribution is -2.33. The average Bonchev–Trinajstić information content (AvgIpc) is 2.97. The number of benzene rings is 1. The second-order valence-electron chi connectivity index (χ2n) is 4.35. The van der Waals surface area contributed by atoms with Crippen LogP contribution < -0.4 is 5.32 Å². The molecule has 1 atom stereocenters. The minimum absolute atomic E-state index is 0.166. The highest BCUT2D eigenvalue weighted by molar-refractivity contribution is 7.98. The first kappa shape index (κ1) is 13.5. The van der Waals surface area contributed by atoms with Gasteiger partial charge in [0.25, 0.3) is 5.89 Å². The topological polar surface area (TPSA) is 60.2 Å². The van der Waals surface area contributed by atoms with Crippen LogP contribution in [0.4, 0.5) is 4.39 Å². The van der Waals surface area contributed by atoms with Crippen LogP contribution in [0.15, 0.2) is 33.7 Å². The summed E-state index contributed by atoms with van der Waals surface area (Å²) >= 11 is 1.53. The van der Waals surface area contributed by atoms with Crippen LogP contribution in [0.5, 0.6) is 0 Å². The van der Waals surface area contributed by atoms with Gasteiger partial charge in [-0.25, -0.2) is 4.39 Å². The van der Waals surface area contributed by atoms with Crippen LogP contribution in [-0.4, -0.2) is 29.8 Å². The predicted octanol–water partition coefficient (Wildman–Crippen LogP) is 2.16. The summed E-state index contributed by atoms with van der Waals surface area (Å²) in [6, 6.07) is 6.33. The Morgan fingerprint density at radius 3 is 2.95 bits per heavy atom. The number of nitrogens with one attached hydrogen (secondary N) is 1. The number of nitrogens with zero attached hydrogens (tertiary/aromatic N) is 2. The third kappa shape index (κ3) is 3.36. The molecule has 1 N–H and O–H groups in total. The van der Waals surface area contributed by atoms with Crippen LogP contribution in [0, 0.1) is 5.82 Å². The smallest absolute Gasteiger partial charge is 0.257 e. The average molecular weight is 295 g/mol. The van der Waals surface area contributed by atoms with Gasteiger partial charge in [-0.15, -0.1) is 11.8 Å². The second kappa shape index (κ2) is 6.34. The van der Waals surface area contributed by atoms with Gasteiger partial charge in [-0.05, 0) is 24.3 Å². The molecule has 0 bridgehead atoms. The first-order valence-corrected chi connectivity index (χ1v) is 7.33. The summed E-state index contributed by atoms with van der Waals surface area (Å²) in [6.45, 7) is 2.18. The Morgan fingerprint density at radius 1 is 1.35 bits per heavy atom. The second-order valence-corrected chi connectivity index (χ2v) is 5.40. The first-order valence-electron chi connectivity index (χ1n) is 6.34. The van der Waals surface area contributed by atoms with E-state index < -0.39 is 0 Å². The monoisotopic (exact) mass is 295 g/mol. The van der Waals surface area contributed by atoms with Gasteiger partial charge >= 0.3 is 0 Å². The van der Waals surface area contributed by atoms with E-state index in [1.807, 2.05) is 0 Å². The molecule has 5 nitrogen and oxygen atoms in total. The van der Waals surface area contributed by atoms with Crippen molar-refractivity contribution < 1.29 is 13.7 Å². The van der Waals surface area contributed by atoms with Crippen LogP contribution in [0.2, 0.25) is 0 Å². The fraction of sp³-hybridized carbons (Fsp3) is 0.385. The van der Waals surface area contributed by atoms with Gasteiger partial charge in [0.2, 0.25) is 0 Å². The minimum atomic E-state index is -0.238. The lowest BCUT2D eigenvalue weighted by molar-refractivity contribution is 0.00755. The highest BCUT2D eigenvalue weighted by Gasteiger charge is 2.22. The fourth-order valence-electron chi connectivity index (χ4n) is 1.86. The van der Waals surface area contributed by atoms with Gasteiger partial charge in [-0.3, -0.25) is 0 Å². The van der Waals surface area contributed by atoms with E-state index in [9.17, 15) is 4.39 Å². The molecule has 0 saturated carbocycles. The zero-order chi connectivity index (χ0) is 13.8. The molecule has 1 aliphatic heterocycles. The summed E-state index contributed by atoms with van der Waals surface area (Å²) in [7, 11) is 0. The standard InChI is InChI=1S/C13H14FN3O2S/c14-9-1-3-10(4-2-9)20-8-12-16-13(19-17-12)11-7-15-5-6-18-11/h1-4,11,15H,5-8H2. The summed E-state index contributed by atoms with van der Waals surface area (Å²) in [5.74, 6) is 1.46. The Balaban J connectivity index is 1.58. The Kier molecular flexibility index (Phi) is 4.29. The molecular weight excluding hydrogens is 281 g/mol. The van der Waals surface area contributed by atoms with Crippen LogP contribution in [-0.2, 0) is 10.5 Å². The third-order valence-electron chi connectivity index (χ3n) is 2.87. The first-order chi connectivity index (χ1) is 9.81. The number of thioether (sulfide) groups is 1. The lowest BCUT2D eigenvalue weighted by Gasteiger charge is -2.19. The Labute approximate surface area is 119 Å². The molecule has 1 aromatic carbocycles. The van der Waals surface area contributed by atoms with E-state index in [0.717, 1.165) is 11.4 Å². The SMILES string of the molecule is Fc1ccc(SCc2noc(C3CNCCO3)n2)cc1. The maximum atomic E-state index is 12.8. The zero-order valence-electron chi connectivity index (χ0n) is 10.7. The van der Waals surface area contributed by atoms with Crippen LogP contribution >= 0.6 is 11.8 Å². The molecule has 106 valence electrons. The van der Waals surface area contributed by atoms with E-state index in [1.54, 1.807) is 12.1 Å². The Hall–Kier alpha value is -1.44. The number of aromatic nitrogens is 2. The number of hydrogen-bond donors (Lipinski definition) is 1. The van der Waals surface area contributed by atoms with Crippen molar-refractivity contribution in [2.24, 2.45) is 0 Å². The lowest BCUT2D eigenvalue weighted by atomic mass is 10.3. The number of morpholine rings is 1. The molecule has 0 spiro atoms. The van der Waals surface area contributed by atoms with E-state index in [2.05, 4.69) is 15.5 Å². The number of halogens is 1. The normalized spacial score (nSPS) is 19.1. The van der Waals surface area contributed by atoms with E-state index in [4.69, 9.17) is 9.26 Å². The number of ether oxygens (including phenoxy) is 1. The minimum Gasteiger partial charge on any atom is -0.366 e. The predicted molar refractivity (Wildman–Crippen MR) is 71.8 cm³/mol. The van der Waals surface area contributed by atoms with Crippen molar-refractivity contribution in [1.29, 1.82) is 0 Å². The van der Waals surface area contributed by atoms with E-state index in [0.29, 0.717) is 30.6 Å². The van der Waals surface area contributed by atoms with Gasteiger partial charge in [-0.2, -0.15) is 4.98 Å². The fourth-order valence-corrected chi connectivity index (χ4v) is 2.60. The third-order valence-corrected chi connectivity index (χ3v) is 3.88. The molecule has 1 unspecified atom stereocenters. The molecule has 1 fully saturated rings. The molecule has 20 heavy (non-hydrogen) atoms. The van der Waals surface area contributed by atoms with Gasteiger partial charge < -0.3 is 14.6 Å². The van der Waals surface area contributed by atoms with Crippen molar-refractivity contribution in [1.82, 2.24) is 15.5 Å². The molecule has 3 rings (SSSR count). The van der Waals surface area contributed by atoms with Crippen molar-refractivity contribution in [2.75, 3.05) is 19.7 Å². The summed E-state index contributed by atoms with van der Waals surface area (Å²) < 4.78 is 23.5. The van der Waals surface area contributed by atoms with E-state index in [-0.39, 0.29) is 11.9 Å². The van der Waals surface area contributed by atoms with E-state index >= 15 is 0 Å². The highest BCUT2D eigenvalue weighted by atomic mass is 32.2. The maximum Gasteiger partial charge on any atom is 0.257 e. The molecule has 0 amide bonds. The molecule has 0 radical (unpaired) electrons. The molecule has 0 aliphatic carbocycles. The van der Waals surface area contributed by atoms with Gasteiger partial charge in [0.1, 0.15) is 11.9 Å². The molecular formula is C13H14FN3O2S. The number of hydrogen-bond acceptors (Lipinski definition) is 6. The van der Waals surface area contributed by atoms with Crippen molar-refractivity contribution in [2.45, 2.75) is 16.8 Å². The highest BCUT2D eigenvalue weighted by Crippen LogP contribution is 2.23. The molecule has 2 heterocycles. The van der Waals surface area contributed by atoms with Crippen LogP contribution in [0.25, 0.3) is 0 Å². The van der Waals surface area contributed by atoms with Crippen molar-refractivity contribution in [3.8, 4) is 0 Å². The molecule has 1 aliphatic rings. The molecule has 7 heteroatoms. The molecule has 1 aromatic heterocycles. The number of rotatable bonds is 4. The summed E-state index contributed by atoms with van der Waals surface area (Å²) in [5, 5.41) is 7.15. The van der Waals surface area contributed by atoms with Crippen LogP contribution in [0.1, 0.15) is 17.8 Å². The van der Waals surface area contributed by atoms with Crippen molar-refractivity contribution in [3.05, 3.63) is 41.8 Å². The maximum absolute atomic E-state index is 12.8. The van der Waals surface area contributed by atoms with E-state index in [1.165, 1.54) is 23.9 Å².